The van der Waals surface area contributed by atoms with Crippen LogP contribution in [0.25, 0.3) is 4.96 Å². The Morgan fingerprint density at radius 3 is 3.08 bits per heavy atom. The monoisotopic (exact) mass is 343 g/mol. The van der Waals surface area contributed by atoms with Crippen LogP contribution in [-0.2, 0) is 6.42 Å². The van der Waals surface area contributed by atoms with Crippen molar-refractivity contribution in [2.75, 3.05) is 13.7 Å². The van der Waals surface area contributed by atoms with Gasteiger partial charge in [0.15, 0.2) is 5.82 Å². The van der Waals surface area contributed by atoms with Gasteiger partial charge in [-0.1, -0.05) is 23.5 Å². The van der Waals surface area contributed by atoms with Crippen molar-refractivity contribution in [2.24, 2.45) is 0 Å². The molecule has 2 aromatic heterocycles. The molecule has 0 atom stereocenters. The minimum atomic E-state index is -0.171. The first-order valence-electron chi connectivity index (χ1n) is 7.88. The summed E-state index contributed by atoms with van der Waals surface area (Å²) in [5.74, 6) is 1.97. The Balaban J connectivity index is 1.39. The molecule has 1 N–H and O–H groups in total. The molecule has 1 aromatic carbocycles. The fourth-order valence-electron chi connectivity index (χ4n) is 2.54. The van der Waals surface area contributed by atoms with E-state index < -0.39 is 0 Å². The van der Waals surface area contributed by atoms with E-state index in [1.54, 1.807) is 11.6 Å². The maximum atomic E-state index is 12.3. The first-order valence-corrected chi connectivity index (χ1v) is 8.69. The van der Waals surface area contributed by atoms with Crippen LogP contribution in [-0.4, -0.2) is 39.4 Å². The Hall–Kier alpha value is -2.48. The molecular weight excluding hydrogens is 326 g/mol. The second-order valence-corrected chi connectivity index (χ2v) is 6.75. The van der Waals surface area contributed by atoms with Crippen LogP contribution in [0.2, 0.25) is 0 Å². The molecule has 2 heterocycles. The summed E-state index contributed by atoms with van der Waals surface area (Å²) in [6.45, 7) is 0.543. The smallest absolute Gasteiger partial charge is 0.282 e. The fourth-order valence-corrected chi connectivity index (χ4v) is 3.31. The number of nitrogens with zero attached hydrogens (tertiary/aromatic N) is 4. The quantitative estimate of drug-likeness (QED) is 0.741. The van der Waals surface area contributed by atoms with Gasteiger partial charge in [0.2, 0.25) is 9.97 Å². The third-order valence-electron chi connectivity index (χ3n) is 3.99. The third kappa shape index (κ3) is 2.96. The lowest BCUT2D eigenvalue weighted by Gasteiger charge is -2.05. The zero-order valence-electron chi connectivity index (χ0n) is 13.2. The van der Waals surface area contributed by atoms with Crippen molar-refractivity contribution in [1.29, 1.82) is 0 Å². The normalized spacial score (nSPS) is 14.0. The van der Waals surface area contributed by atoms with Crippen LogP contribution in [0.4, 0.5) is 0 Å². The molecule has 1 fully saturated rings. The van der Waals surface area contributed by atoms with Crippen molar-refractivity contribution in [3.63, 3.8) is 0 Å². The van der Waals surface area contributed by atoms with Gasteiger partial charge in [0.25, 0.3) is 5.91 Å². The Kier molecular flexibility index (Phi) is 3.89. The average Bonchev–Trinajstić information content (AvgIpc) is 3.22. The van der Waals surface area contributed by atoms with Crippen molar-refractivity contribution in [2.45, 2.75) is 25.2 Å². The van der Waals surface area contributed by atoms with Gasteiger partial charge in [-0.3, -0.25) is 4.79 Å². The molecule has 0 radical (unpaired) electrons. The lowest BCUT2D eigenvalue weighted by atomic mass is 10.1. The first-order chi connectivity index (χ1) is 11.7. The maximum Gasteiger partial charge on any atom is 0.282 e. The van der Waals surface area contributed by atoms with Crippen LogP contribution in [0.5, 0.6) is 5.75 Å². The molecular formula is C16H17N5O2S. The fraction of sp³-hybridized carbons (Fsp3) is 0.375. The number of amides is 1. The molecule has 8 heteroatoms. The van der Waals surface area contributed by atoms with Gasteiger partial charge in [0.05, 0.1) is 7.11 Å². The van der Waals surface area contributed by atoms with Crippen LogP contribution in [0.1, 0.15) is 39.9 Å². The number of nitrogens with one attached hydrogen (secondary N) is 1. The van der Waals surface area contributed by atoms with Crippen molar-refractivity contribution in [3.05, 3.63) is 40.7 Å². The standard InChI is InChI=1S/C16H17N5O2S/c1-23-12-4-2-3-10(9-12)7-8-17-14(22)15-20-21-13(11-5-6-11)18-19-16(21)24-15/h2-4,9,11H,5-8H2,1H3,(H,17,22). The highest BCUT2D eigenvalue weighted by Crippen LogP contribution is 2.39. The predicted octanol–water partition coefficient (Wildman–Crippen LogP) is 2.04. The lowest BCUT2D eigenvalue weighted by molar-refractivity contribution is 0.0952. The second kappa shape index (κ2) is 6.20. The molecule has 7 nitrogen and oxygen atoms in total. The number of fused-ring (bicyclic) bond motifs is 1. The topological polar surface area (TPSA) is 81.4 Å². The van der Waals surface area contributed by atoms with E-state index in [0.29, 0.717) is 22.4 Å². The summed E-state index contributed by atoms with van der Waals surface area (Å²) >= 11 is 1.27. The number of ether oxygens (including phenoxy) is 1. The predicted molar refractivity (Wildman–Crippen MR) is 89.7 cm³/mol. The Morgan fingerprint density at radius 2 is 2.29 bits per heavy atom. The number of aromatic nitrogens is 4. The van der Waals surface area contributed by atoms with Crippen LogP contribution in [0.15, 0.2) is 24.3 Å². The molecule has 0 aliphatic heterocycles. The van der Waals surface area contributed by atoms with E-state index in [1.807, 2.05) is 24.3 Å². The van der Waals surface area contributed by atoms with Crippen LogP contribution < -0.4 is 10.1 Å². The molecule has 1 saturated carbocycles. The molecule has 0 spiro atoms. The number of benzene rings is 1. The van der Waals surface area contributed by atoms with Crippen LogP contribution in [0, 0.1) is 0 Å². The number of methoxy groups -OCH3 is 1. The highest BCUT2D eigenvalue weighted by molar-refractivity contribution is 7.18. The molecule has 3 aromatic rings. The van der Waals surface area contributed by atoms with E-state index in [-0.39, 0.29) is 5.91 Å². The summed E-state index contributed by atoms with van der Waals surface area (Å²) < 4.78 is 6.91. The molecule has 4 rings (SSSR count). The van der Waals surface area contributed by atoms with Crippen LogP contribution >= 0.6 is 11.3 Å². The van der Waals surface area contributed by atoms with Crippen molar-refractivity contribution >= 4 is 22.2 Å². The van der Waals surface area contributed by atoms with E-state index in [1.165, 1.54) is 11.3 Å². The summed E-state index contributed by atoms with van der Waals surface area (Å²) in [5.41, 5.74) is 1.11. The van der Waals surface area contributed by atoms with Crippen molar-refractivity contribution in [3.8, 4) is 5.75 Å². The third-order valence-corrected chi connectivity index (χ3v) is 4.88. The van der Waals surface area contributed by atoms with Crippen molar-refractivity contribution in [1.82, 2.24) is 25.1 Å². The van der Waals surface area contributed by atoms with Crippen LogP contribution in [0.3, 0.4) is 0 Å². The molecule has 1 aliphatic carbocycles. The summed E-state index contributed by atoms with van der Waals surface area (Å²) in [4.78, 5) is 12.9. The zero-order valence-corrected chi connectivity index (χ0v) is 14.0. The summed E-state index contributed by atoms with van der Waals surface area (Å²) in [6.07, 6.45) is 2.99. The largest absolute Gasteiger partial charge is 0.497 e. The number of hydrogen-bond donors (Lipinski definition) is 1. The van der Waals surface area contributed by atoms with Gasteiger partial charge in [-0.15, -0.1) is 15.3 Å². The number of hydrogen-bond acceptors (Lipinski definition) is 6. The maximum absolute atomic E-state index is 12.3. The summed E-state index contributed by atoms with van der Waals surface area (Å²) in [6, 6.07) is 7.83. The Bertz CT molecular complexity index is 884. The summed E-state index contributed by atoms with van der Waals surface area (Å²) in [5, 5.41) is 16.0. The Morgan fingerprint density at radius 1 is 1.42 bits per heavy atom. The Labute approximate surface area is 142 Å². The molecule has 0 unspecified atom stereocenters. The van der Waals surface area contributed by atoms with E-state index in [2.05, 4.69) is 20.6 Å². The number of carbonyl (C=O) groups excluding carboxylic acids is 1. The molecule has 24 heavy (non-hydrogen) atoms. The average molecular weight is 343 g/mol. The second-order valence-electron chi connectivity index (χ2n) is 5.79. The van der Waals surface area contributed by atoms with Gasteiger partial charge in [0.1, 0.15) is 5.75 Å². The van der Waals surface area contributed by atoms with E-state index in [0.717, 1.165) is 36.4 Å². The lowest BCUT2D eigenvalue weighted by Crippen LogP contribution is -2.25. The number of carbonyl (C=O) groups is 1. The van der Waals surface area contributed by atoms with Gasteiger partial charge < -0.3 is 10.1 Å². The van der Waals surface area contributed by atoms with E-state index >= 15 is 0 Å². The summed E-state index contributed by atoms with van der Waals surface area (Å²) in [7, 11) is 1.64. The highest BCUT2D eigenvalue weighted by Gasteiger charge is 2.30. The first kappa shape index (κ1) is 15.1. The van der Waals surface area contributed by atoms with Gasteiger partial charge >= 0.3 is 0 Å². The SMILES string of the molecule is COc1cccc(CCNC(=O)c2nn3c(C4CC4)nnc3s2)c1. The van der Waals surface area contributed by atoms with Gasteiger partial charge in [-0.25, -0.2) is 0 Å². The van der Waals surface area contributed by atoms with Gasteiger partial charge in [0, 0.05) is 12.5 Å². The van der Waals surface area contributed by atoms with Gasteiger partial charge in [-0.05, 0) is 37.0 Å². The molecule has 0 saturated heterocycles. The highest BCUT2D eigenvalue weighted by atomic mass is 32.1. The minimum Gasteiger partial charge on any atom is -0.497 e. The minimum absolute atomic E-state index is 0.171. The van der Waals surface area contributed by atoms with Gasteiger partial charge in [-0.2, -0.15) is 4.52 Å². The van der Waals surface area contributed by atoms with E-state index in [9.17, 15) is 4.79 Å². The van der Waals surface area contributed by atoms with Crippen molar-refractivity contribution < 1.29 is 9.53 Å². The molecule has 1 amide bonds. The number of rotatable bonds is 6. The zero-order chi connectivity index (χ0) is 16.5. The molecule has 0 bridgehead atoms. The molecule has 1 aliphatic rings. The van der Waals surface area contributed by atoms with E-state index in [4.69, 9.17) is 4.74 Å². The molecule has 124 valence electrons.